The molecule has 12 heavy (non-hydrogen) atoms. The largest absolute Gasteiger partial charge is 0.491 e. The Balaban J connectivity index is 2.58. The highest BCUT2D eigenvalue weighted by atomic mass is 16.5. The van der Waals surface area contributed by atoms with Crippen LogP contribution < -0.4 is 4.74 Å². The highest BCUT2D eigenvalue weighted by molar-refractivity contribution is 5.29. The van der Waals surface area contributed by atoms with Gasteiger partial charge in [-0.15, -0.1) is 0 Å². The van der Waals surface area contributed by atoms with E-state index in [1.807, 2.05) is 6.92 Å². The summed E-state index contributed by atoms with van der Waals surface area (Å²) < 4.78 is 5.48. The van der Waals surface area contributed by atoms with Gasteiger partial charge in [-0.1, -0.05) is 6.92 Å². The first-order valence-electron chi connectivity index (χ1n) is 4.16. The molecule has 65 valence electrons. The molecule has 0 bridgehead atoms. The SMILES string of the molecule is CCC(C)Oc1ccc([O])cc1. The lowest BCUT2D eigenvalue weighted by Crippen LogP contribution is -2.09. The predicted molar refractivity (Wildman–Crippen MR) is 47.0 cm³/mol. The van der Waals surface area contributed by atoms with E-state index < -0.39 is 0 Å². The number of rotatable bonds is 3. The Morgan fingerprint density at radius 3 is 2.42 bits per heavy atom. The third-order valence-electron chi connectivity index (χ3n) is 1.74. The minimum absolute atomic E-state index is 0.0199. The van der Waals surface area contributed by atoms with Gasteiger partial charge in [0.25, 0.3) is 0 Å². The highest BCUT2D eigenvalue weighted by Crippen LogP contribution is 2.17. The molecule has 1 atom stereocenters. The summed E-state index contributed by atoms with van der Waals surface area (Å²) in [5.74, 6) is 0.787. The van der Waals surface area contributed by atoms with Crippen molar-refractivity contribution in [2.75, 3.05) is 0 Å². The summed E-state index contributed by atoms with van der Waals surface area (Å²) in [7, 11) is 0. The van der Waals surface area contributed by atoms with E-state index in [0.717, 1.165) is 12.2 Å². The lowest BCUT2D eigenvalue weighted by atomic mass is 10.3. The molecule has 0 N–H and O–H groups in total. The number of ether oxygens (including phenoxy) is 1. The minimum Gasteiger partial charge on any atom is -0.491 e. The quantitative estimate of drug-likeness (QED) is 0.676. The average Bonchev–Trinajstić information content (AvgIpc) is 2.09. The fraction of sp³-hybridized carbons (Fsp3) is 0.400. The third-order valence-corrected chi connectivity index (χ3v) is 1.74. The molecule has 0 saturated carbocycles. The van der Waals surface area contributed by atoms with Crippen molar-refractivity contribution in [3.05, 3.63) is 24.3 Å². The molecule has 0 aromatic heterocycles. The van der Waals surface area contributed by atoms with Gasteiger partial charge in [0.05, 0.1) is 6.10 Å². The third kappa shape index (κ3) is 2.46. The van der Waals surface area contributed by atoms with Crippen molar-refractivity contribution < 1.29 is 9.84 Å². The molecule has 1 unspecified atom stereocenters. The van der Waals surface area contributed by atoms with Gasteiger partial charge in [-0.25, -0.2) is 0 Å². The Hall–Kier alpha value is -1.18. The molecule has 0 amide bonds. The summed E-state index contributed by atoms with van der Waals surface area (Å²) >= 11 is 0. The van der Waals surface area contributed by atoms with Crippen molar-refractivity contribution >= 4 is 0 Å². The van der Waals surface area contributed by atoms with E-state index in [4.69, 9.17) is 4.74 Å². The molecule has 2 heteroatoms. The molecule has 1 rings (SSSR count). The van der Waals surface area contributed by atoms with Crippen molar-refractivity contribution in [1.82, 2.24) is 0 Å². The fourth-order valence-corrected chi connectivity index (χ4v) is 0.834. The van der Waals surface area contributed by atoms with E-state index in [1.165, 1.54) is 12.1 Å². The lowest BCUT2D eigenvalue weighted by molar-refractivity contribution is 0.217. The number of benzene rings is 1. The maximum Gasteiger partial charge on any atom is 0.178 e. The molecule has 0 spiro atoms. The van der Waals surface area contributed by atoms with Gasteiger partial charge in [-0.05, 0) is 37.6 Å². The maximum atomic E-state index is 10.7. The molecule has 1 aromatic rings. The second-order valence-corrected chi connectivity index (χ2v) is 2.81. The second kappa shape index (κ2) is 4.00. The second-order valence-electron chi connectivity index (χ2n) is 2.81. The van der Waals surface area contributed by atoms with E-state index in [1.54, 1.807) is 12.1 Å². The zero-order valence-electron chi connectivity index (χ0n) is 7.41. The Morgan fingerprint density at radius 1 is 1.33 bits per heavy atom. The molecule has 0 saturated heterocycles. The first-order chi connectivity index (χ1) is 5.72. The van der Waals surface area contributed by atoms with Crippen LogP contribution in [-0.4, -0.2) is 6.10 Å². The van der Waals surface area contributed by atoms with Gasteiger partial charge in [0, 0.05) is 0 Å². The molecule has 0 aliphatic rings. The van der Waals surface area contributed by atoms with Gasteiger partial charge >= 0.3 is 0 Å². The van der Waals surface area contributed by atoms with Crippen LogP contribution in [0.4, 0.5) is 0 Å². The van der Waals surface area contributed by atoms with Crippen LogP contribution in [-0.2, 0) is 5.11 Å². The summed E-state index contributed by atoms with van der Waals surface area (Å²) in [5.41, 5.74) is 0. The number of hydrogen-bond donors (Lipinski definition) is 0. The monoisotopic (exact) mass is 165 g/mol. The Kier molecular flexibility index (Phi) is 2.97. The summed E-state index contributed by atoms with van der Waals surface area (Å²) in [5, 5.41) is 10.7. The maximum absolute atomic E-state index is 10.7. The average molecular weight is 165 g/mol. The first kappa shape index (κ1) is 8.91. The fourth-order valence-electron chi connectivity index (χ4n) is 0.834. The van der Waals surface area contributed by atoms with Crippen LogP contribution in [0.25, 0.3) is 0 Å². The van der Waals surface area contributed by atoms with Crippen LogP contribution in [0.15, 0.2) is 24.3 Å². The molecule has 0 aliphatic heterocycles. The van der Waals surface area contributed by atoms with E-state index in [9.17, 15) is 5.11 Å². The molecule has 2 nitrogen and oxygen atoms in total. The Bertz CT molecular complexity index is 228. The van der Waals surface area contributed by atoms with E-state index >= 15 is 0 Å². The molecule has 1 aromatic carbocycles. The summed E-state index contributed by atoms with van der Waals surface area (Å²) in [6.45, 7) is 4.07. The summed E-state index contributed by atoms with van der Waals surface area (Å²) in [6.07, 6.45) is 1.18. The van der Waals surface area contributed by atoms with Crippen LogP contribution in [0.3, 0.4) is 0 Å². The van der Waals surface area contributed by atoms with Crippen molar-refractivity contribution in [3.8, 4) is 11.5 Å². The smallest absolute Gasteiger partial charge is 0.178 e. The standard InChI is InChI=1S/C10H13O2/c1-3-8(2)12-10-6-4-9(11)5-7-10/h4-8H,3H2,1-2H3. The molecular formula is C10H13O2. The molecule has 0 heterocycles. The topological polar surface area (TPSA) is 29.1 Å². The minimum atomic E-state index is 0.0199. The van der Waals surface area contributed by atoms with Crippen LogP contribution in [0.1, 0.15) is 20.3 Å². The van der Waals surface area contributed by atoms with Crippen molar-refractivity contribution in [2.24, 2.45) is 0 Å². The van der Waals surface area contributed by atoms with E-state index in [0.29, 0.717) is 0 Å². The van der Waals surface area contributed by atoms with Gasteiger partial charge < -0.3 is 4.74 Å². The molecule has 0 fully saturated rings. The first-order valence-corrected chi connectivity index (χ1v) is 4.16. The van der Waals surface area contributed by atoms with Gasteiger partial charge in [-0.2, -0.15) is 0 Å². The summed E-state index contributed by atoms with van der Waals surface area (Å²) in [4.78, 5) is 0. The van der Waals surface area contributed by atoms with E-state index in [2.05, 4.69) is 6.92 Å². The number of hydrogen-bond acceptors (Lipinski definition) is 1. The normalized spacial score (nSPS) is 12.5. The zero-order chi connectivity index (χ0) is 8.97. The van der Waals surface area contributed by atoms with Gasteiger partial charge in [-0.3, -0.25) is 5.11 Å². The molecular weight excluding hydrogens is 152 g/mol. The lowest BCUT2D eigenvalue weighted by Gasteiger charge is -2.11. The Morgan fingerprint density at radius 2 is 1.92 bits per heavy atom. The predicted octanol–water partition coefficient (Wildman–Crippen LogP) is 3.01. The van der Waals surface area contributed by atoms with Gasteiger partial charge in [0.15, 0.2) is 5.75 Å². The van der Waals surface area contributed by atoms with Gasteiger partial charge in [0.2, 0.25) is 0 Å². The Labute approximate surface area is 72.8 Å². The van der Waals surface area contributed by atoms with Crippen LogP contribution >= 0.6 is 0 Å². The van der Waals surface area contributed by atoms with Crippen molar-refractivity contribution in [2.45, 2.75) is 26.4 Å². The summed E-state index contributed by atoms with van der Waals surface area (Å²) in [6, 6.07) is 6.43. The zero-order valence-corrected chi connectivity index (χ0v) is 7.41. The molecule has 1 radical (unpaired) electrons. The van der Waals surface area contributed by atoms with Gasteiger partial charge in [0.1, 0.15) is 5.75 Å². The molecule has 0 aliphatic carbocycles. The van der Waals surface area contributed by atoms with Crippen LogP contribution in [0.2, 0.25) is 0 Å². The van der Waals surface area contributed by atoms with Crippen molar-refractivity contribution in [3.63, 3.8) is 0 Å². The van der Waals surface area contributed by atoms with Crippen molar-refractivity contribution in [1.29, 1.82) is 0 Å². The van der Waals surface area contributed by atoms with Crippen LogP contribution in [0, 0.1) is 0 Å². The van der Waals surface area contributed by atoms with E-state index in [-0.39, 0.29) is 11.9 Å². The van der Waals surface area contributed by atoms with Crippen LogP contribution in [0.5, 0.6) is 11.5 Å². The highest BCUT2D eigenvalue weighted by Gasteiger charge is 2.00.